The molecule has 3 rings (SSSR count). The van der Waals surface area contributed by atoms with Gasteiger partial charge in [0.25, 0.3) is 0 Å². The third-order valence-corrected chi connectivity index (χ3v) is 5.76. The molecule has 2 aliphatic rings. The van der Waals surface area contributed by atoms with Crippen molar-refractivity contribution in [3.8, 4) is 0 Å². The largest absolute Gasteiger partial charge is 0.381 e. The van der Waals surface area contributed by atoms with E-state index >= 15 is 0 Å². The van der Waals surface area contributed by atoms with E-state index in [1.807, 2.05) is 18.4 Å². The fraction of sp³-hybridized carbons (Fsp3) is 0.812. The Bertz CT molecular complexity index is 465. The highest BCUT2D eigenvalue weighted by atomic mass is 32.1. The van der Waals surface area contributed by atoms with Crippen LogP contribution in [-0.4, -0.2) is 31.3 Å². The van der Waals surface area contributed by atoms with E-state index in [9.17, 15) is 0 Å². The van der Waals surface area contributed by atoms with E-state index in [4.69, 9.17) is 14.5 Å². The molecule has 1 aromatic heterocycles. The smallest absolute Gasteiger partial charge is 0.125 e. The van der Waals surface area contributed by atoms with Gasteiger partial charge in [0.2, 0.25) is 0 Å². The maximum Gasteiger partial charge on any atom is 0.125 e. The summed E-state index contributed by atoms with van der Waals surface area (Å²) < 4.78 is 11.4. The number of aryl methyl sites for hydroxylation is 1. The molecule has 0 radical (unpaired) electrons. The van der Waals surface area contributed by atoms with E-state index < -0.39 is 0 Å². The van der Waals surface area contributed by atoms with Crippen LogP contribution in [-0.2, 0) is 28.0 Å². The van der Waals surface area contributed by atoms with Crippen LogP contribution in [0, 0.1) is 0 Å². The Kier molecular flexibility index (Phi) is 4.94. The van der Waals surface area contributed by atoms with Crippen molar-refractivity contribution in [2.24, 2.45) is 0 Å². The predicted molar refractivity (Wildman–Crippen MR) is 84.7 cm³/mol. The minimum absolute atomic E-state index is 0.219. The van der Waals surface area contributed by atoms with Crippen LogP contribution < -0.4 is 5.32 Å². The molecule has 2 heterocycles. The summed E-state index contributed by atoms with van der Waals surface area (Å²) in [6.45, 7) is 4.73. The number of rotatable bonds is 7. The molecule has 0 amide bonds. The highest BCUT2D eigenvalue weighted by Crippen LogP contribution is 2.39. The third kappa shape index (κ3) is 3.47. The van der Waals surface area contributed by atoms with Crippen LogP contribution in [0.15, 0.2) is 0 Å². The zero-order valence-electron chi connectivity index (χ0n) is 13.1. The van der Waals surface area contributed by atoms with Crippen molar-refractivity contribution >= 4 is 11.3 Å². The van der Waals surface area contributed by atoms with Crippen LogP contribution in [0.2, 0.25) is 0 Å². The van der Waals surface area contributed by atoms with Gasteiger partial charge in [-0.25, -0.2) is 4.98 Å². The summed E-state index contributed by atoms with van der Waals surface area (Å²) >= 11 is 1.84. The second kappa shape index (κ2) is 6.73. The number of hydrogen-bond acceptors (Lipinski definition) is 5. The van der Waals surface area contributed by atoms with Gasteiger partial charge in [0.15, 0.2) is 0 Å². The molecule has 1 saturated carbocycles. The SMILES string of the molecule is CCCc1nc(C2(OC)CCOCC2)sc1CNC1CC1. The number of aromatic nitrogens is 1. The summed E-state index contributed by atoms with van der Waals surface area (Å²) in [5.74, 6) is 0. The van der Waals surface area contributed by atoms with E-state index in [0.29, 0.717) is 0 Å². The first kappa shape index (κ1) is 15.4. The molecule has 0 atom stereocenters. The highest BCUT2D eigenvalue weighted by Gasteiger charge is 2.38. The van der Waals surface area contributed by atoms with Crippen molar-refractivity contribution in [1.29, 1.82) is 0 Å². The molecule has 1 saturated heterocycles. The predicted octanol–water partition coefficient (Wildman–Crippen LogP) is 3.00. The number of nitrogens with zero attached hydrogens (tertiary/aromatic N) is 1. The lowest BCUT2D eigenvalue weighted by molar-refractivity contribution is -0.0948. The first-order valence-corrected chi connectivity index (χ1v) is 8.94. The Balaban J connectivity index is 1.81. The van der Waals surface area contributed by atoms with Crippen molar-refractivity contribution in [1.82, 2.24) is 10.3 Å². The van der Waals surface area contributed by atoms with E-state index in [1.165, 1.54) is 23.4 Å². The average Bonchev–Trinajstić information content (AvgIpc) is 3.27. The molecule has 1 aliphatic carbocycles. The third-order valence-electron chi connectivity index (χ3n) is 4.47. The second-order valence-electron chi connectivity index (χ2n) is 6.10. The molecule has 118 valence electrons. The number of ether oxygens (including phenoxy) is 2. The lowest BCUT2D eigenvalue weighted by Gasteiger charge is -2.33. The van der Waals surface area contributed by atoms with Crippen LogP contribution in [0.3, 0.4) is 0 Å². The van der Waals surface area contributed by atoms with Crippen molar-refractivity contribution in [2.45, 2.75) is 63.6 Å². The standard InChI is InChI=1S/C16H26N2O2S/c1-3-4-13-14(11-17-12-5-6-12)21-15(18-13)16(19-2)7-9-20-10-8-16/h12,17H,3-11H2,1-2H3. The van der Waals surface area contributed by atoms with Gasteiger partial charge in [0.05, 0.1) is 5.69 Å². The minimum Gasteiger partial charge on any atom is -0.381 e. The van der Waals surface area contributed by atoms with Gasteiger partial charge in [-0.15, -0.1) is 11.3 Å². The van der Waals surface area contributed by atoms with E-state index in [2.05, 4.69) is 12.2 Å². The Morgan fingerprint density at radius 3 is 2.76 bits per heavy atom. The summed E-state index contributed by atoms with van der Waals surface area (Å²) in [5.41, 5.74) is 1.05. The van der Waals surface area contributed by atoms with Crippen LogP contribution in [0.5, 0.6) is 0 Å². The monoisotopic (exact) mass is 310 g/mol. The molecular weight excluding hydrogens is 284 g/mol. The second-order valence-corrected chi connectivity index (χ2v) is 7.19. The molecule has 4 nitrogen and oxygen atoms in total. The van der Waals surface area contributed by atoms with Gasteiger partial charge in [-0.1, -0.05) is 13.3 Å². The molecule has 21 heavy (non-hydrogen) atoms. The Labute approximate surface area is 131 Å². The van der Waals surface area contributed by atoms with Crippen molar-refractivity contribution in [3.05, 3.63) is 15.6 Å². The van der Waals surface area contributed by atoms with E-state index in [-0.39, 0.29) is 5.60 Å². The van der Waals surface area contributed by atoms with Gasteiger partial charge in [-0.2, -0.15) is 0 Å². The van der Waals surface area contributed by atoms with E-state index in [0.717, 1.165) is 56.5 Å². The Morgan fingerprint density at radius 1 is 1.38 bits per heavy atom. The van der Waals surface area contributed by atoms with E-state index in [1.54, 1.807) is 0 Å². The van der Waals surface area contributed by atoms with Gasteiger partial charge >= 0.3 is 0 Å². The minimum atomic E-state index is -0.219. The molecule has 0 bridgehead atoms. The average molecular weight is 310 g/mol. The van der Waals surface area contributed by atoms with Crippen molar-refractivity contribution in [2.75, 3.05) is 20.3 Å². The first-order chi connectivity index (χ1) is 10.3. The zero-order valence-corrected chi connectivity index (χ0v) is 13.9. The number of methoxy groups -OCH3 is 1. The molecule has 0 unspecified atom stereocenters. The lowest BCUT2D eigenvalue weighted by Crippen LogP contribution is -2.35. The molecule has 0 aromatic carbocycles. The van der Waals surface area contributed by atoms with Crippen LogP contribution in [0.25, 0.3) is 0 Å². The molecule has 2 fully saturated rings. The molecule has 1 aliphatic heterocycles. The summed E-state index contributed by atoms with van der Waals surface area (Å²) in [7, 11) is 1.81. The van der Waals surface area contributed by atoms with Crippen molar-refractivity contribution < 1.29 is 9.47 Å². The van der Waals surface area contributed by atoms with Crippen LogP contribution in [0.1, 0.15) is 54.6 Å². The Morgan fingerprint density at radius 2 is 2.14 bits per heavy atom. The van der Waals surface area contributed by atoms with Gasteiger partial charge in [-0.3, -0.25) is 0 Å². The first-order valence-electron chi connectivity index (χ1n) is 8.13. The summed E-state index contributed by atoms with van der Waals surface area (Å²) in [5, 5.41) is 4.78. The summed E-state index contributed by atoms with van der Waals surface area (Å²) in [6, 6.07) is 0.740. The zero-order chi connectivity index (χ0) is 14.7. The maximum absolute atomic E-state index is 5.90. The van der Waals surface area contributed by atoms with Gasteiger partial charge < -0.3 is 14.8 Å². The van der Waals surface area contributed by atoms with Crippen LogP contribution in [0.4, 0.5) is 0 Å². The fourth-order valence-corrected chi connectivity index (χ4v) is 4.16. The normalized spacial score (nSPS) is 21.6. The van der Waals surface area contributed by atoms with Crippen LogP contribution >= 0.6 is 11.3 Å². The van der Waals surface area contributed by atoms with Crippen molar-refractivity contribution in [3.63, 3.8) is 0 Å². The summed E-state index contributed by atoms with van der Waals surface area (Å²) in [4.78, 5) is 6.37. The topological polar surface area (TPSA) is 43.4 Å². The maximum atomic E-state index is 5.90. The number of hydrogen-bond donors (Lipinski definition) is 1. The lowest BCUT2D eigenvalue weighted by atomic mass is 9.95. The van der Waals surface area contributed by atoms with Gasteiger partial charge in [0, 0.05) is 50.6 Å². The highest BCUT2D eigenvalue weighted by molar-refractivity contribution is 7.11. The number of nitrogens with one attached hydrogen (secondary N) is 1. The fourth-order valence-electron chi connectivity index (χ4n) is 2.88. The van der Waals surface area contributed by atoms with Gasteiger partial charge in [0.1, 0.15) is 10.6 Å². The number of thiazole rings is 1. The van der Waals surface area contributed by atoms with Gasteiger partial charge in [-0.05, 0) is 19.3 Å². The molecule has 1 N–H and O–H groups in total. The molecule has 5 heteroatoms. The molecule has 0 spiro atoms. The Hall–Kier alpha value is -0.490. The molecule has 1 aromatic rings. The molecular formula is C16H26N2O2S. The quantitative estimate of drug-likeness (QED) is 0.841. The summed E-state index contributed by atoms with van der Waals surface area (Å²) in [6.07, 6.45) is 6.69.